The summed E-state index contributed by atoms with van der Waals surface area (Å²) in [7, 11) is 5.16. The van der Waals surface area contributed by atoms with Crippen LogP contribution in [0.3, 0.4) is 0 Å². The Balaban J connectivity index is 3.21. The molecule has 0 aromatic heterocycles. The minimum atomic E-state index is -0.981. The summed E-state index contributed by atoms with van der Waals surface area (Å²) in [4.78, 5) is 12.7. The molecule has 0 atom stereocenters. The van der Waals surface area contributed by atoms with Gasteiger partial charge in [-0.3, -0.25) is 0 Å². The summed E-state index contributed by atoms with van der Waals surface area (Å²) in [6.07, 6.45) is 0. The first-order valence-electron chi connectivity index (χ1n) is 4.15. The van der Waals surface area contributed by atoms with Crippen LogP contribution in [0.2, 0.25) is 0 Å². The molecule has 0 radical (unpaired) electrons. The molecule has 0 bridgehead atoms. The van der Waals surface area contributed by atoms with Crippen LogP contribution in [0.15, 0.2) is 18.2 Å². The third-order valence-corrected chi connectivity index (χ3v) is 1.93. The van der Waals surface area contributed by atoms with E-state index in [-0.39, 0.29) is 5.56 Å². The molecule has 1 aromatic carbocycles. The molecule has 0 saturated heterocycles. The molecule has 0 aliphatic heterocycles. The molecular formula is C10H13NO3. The number of ether oxygens (including phenoxy) is 1. The van der Waals surface area contributed by atoms with Gasteiger partial charge in [0.15, 0.2) is 0 Å². The number of hydrogen-bond donors (Lipinski definition) is 1. The van der Waals surface area contributed by atoms with Crippen LogP contribution in [0.4, 0.5) is 5.69 Å². The molecule has 0 heterocycles. The molecule has 0 amide bonds. The van der Waals surface area contributed by atoms with E-state index < -0.39 is 5.97 Å². The topological polar surface area (TPSA) is 49.8 Å². The number of hydrogen-bond acceptors (Lipinski definition) is 3. The second kappa shape index (κ2) is 4.00. The van der Waals surface area contributed by atoms with Crippen LogP contribution in [-0.4, -0.2) is 32.3 Å². The van der Waals surface area contributed by atoms with Crippen molar-refractivity contribution in [2.75, 3.05) is 26.1 Å². The average molecular weight is 195 g/mol. The lowest BCUT2D eigenvalue weighted by Gasteiger charge is -2.14. The van der Waals surface area contributed by atoms with Crippen molar-refractivity contribution < 1.29 is 14.6 Å². The van der Waals surface area contributed by atoms with E-state index in [0.717, 1.165) is 5.69 Å². The predicted molar refractivity (Wildman–Crippen MR) is 54.3 cm³/mol. The molecule has 0 spiro atoms. The molecule has 1 aromatic rings. The molecular weight excluding hydrogens is 182 g/mol. The van der Waals surface area contributed by atoms with Crippen LogP contribution in [0.25, 0.3) is 0 Å². The van der Waals surface area contributed by atoms with Crippen molar-refractivity contribution in [2.24, 2.45) is 0 Å². The number of benzene rings is 1. The van der Waals surface area contributed by atoms with Gasteiger partial charge in [0, 0.05) is 19.8 Å². The van der Waals surface area contributed by atoms with Crippen molar-refractivity contribution in [1.82, 2.24) is 0 Å². The third-order valence-electron chi connectivity index (χ3n) is 1.93. The van der Waals surface area contributed by atoms with Gasteiger partial charge in [0.1, 0.15) is 11.3 Å². The summed E-state index contributed by atoms with van der Waals surface area (Å²) in [6, 6.07) is 5.05. The van der Waals surface area contributed by atoms with Crippen molar-refractivity contribution >= 4 is 11.7 Å². The first kappa shape index (κ1) is 10.4. The first-order valence-corrected chi connectivity index (χ1v) is 4.15. The minimum absolute atomic E-state index is 0.179. The van der Waals surface area contributed by atoms with E-state index in [2.05, 4.69) is 0 Å². The number of carbonyl (C=O) groups is 1. The van der Waals surface area contributed by atoms with Crippen molar-refractivity contribution in [3.8, 4) is 5.75 Å². The maximum atomic E-state index is 10.9. The molecule has 0 fully saturated rings. The van der Waals surface area contributed by atoms with Crippen LogP contribution in [0.1, 0.15) is 10.4 Å². The van der Waals surface area contributed by atoms with Gasteiger partial charge in [-0.25, -0.2) is 4.79 Å². The van der Waals surface area contributed by atoms with E-state index in [1.165, 1.54) is 7.11 Å². The maximum absolute atomic E-state index is 10.9. The van der Waals surface area contributed by atoms with Crippen molar-refractivity contribution in [2.45, 2.75) is 0 Å². The molecule has 0 aliphatic rings. The van der Waals surface area contributed by atoms with Gasteiger partial charge in [0.05, 0.1) is 7.11 Å². The normalized spacial score (nSPS) is 9.64. The Morgan fingerprint density at radius 3 is 2.50 bits per heavy atom. The highest BCUT2D eigenvalue weighted by Gasteiger charge is 2.11. The molecule has 4 nitrogen and oxygen atoms in total. The second-order valence-corrected chi connectivity index (χ2v) is 3.08. The molecule has 0 saturated carbocycles. The zero-order valence-corrected chi connectivity index (χ0v) is 8.44. The van der Waals surface area contributed by atoms with Crippen molar-refractivity contribution in [3.63, 3.8) is 0 Å². The van der Waals surface area contributed by atoms with Crippen LogP contribution in [-0.2, 0) is 0 Å². The lowest BCUT2D eigenvalue weighted by molar-refractivity contribution is 0.0693. The number of anilines is 1. The zero-order valence-electron chi connectivity index (χ0n) is 8.44. The average Bonchev–Trinajstić information content (AvgIpc) is 2.16. The monoisotopic (exact) mass is 195 g/mol. The number of aromatic carboxylic acids is 1. The molecule has 0 aliphatic carbocycles. The summed E-state index contributed by atoms with van der Waals surface area (Å²) in [5, 5.41) is 8.90. The minimum Gasteiger partial charge on any atom is -0.496 e. The Labute approximate surface area is 82.7 Å². The summed E-state index contributed by atoms with van der Waals surface area (Å²) >= 11 is 0. The van der Waals surface area contributed by atoms with Crippen LogP contribution < -0.4 is 9.64 Å². The van der Waals surface area contributed by atoms with Crippen molar-refractivity contribution in [3.05, 3.63) is 23.8 Å². The highest BCUT2D eigenvalue weighted by atomic mass is 16.5. The van der Waals surface area contributed by atoms with E-state index in [4.69, 9.17) is 9.84 Å². The Kier molecular flexibility index (Phi) is 2.96. The quantitative estimate of drug-likeness (QED) is 0.793. The van der Waals surface area contributed by atoms with Crippen LogP contribution in [0.5, 0.6) is 5.75 Å². The highest BCUT2D eigenvalue weighted by Crippen LogP contribution is 2.23. The van der Waals surface area contributed by atoms with E-state index in [1.807, 2.05) is 25.1 Å². The highest BCUT2D eigenvalue weighted by molar-refractivity contribution is 5.92. The Hall–Kier alpha value is -1.71. The SMILES string of the molecule is COc1ccc(N(C)C)cc1C(=O)O. The van der Waals surface area contributed by atoms with Gasteiger partial charge in [-0.1, -0.05) is 0 Å². The largest absolute Gasteiger partial charge is 0.496 e. The fourth-order valence-corrected chi connectivity index (χ4v) is 1.14. The number of methoxy groups -OCH3 is 1. The van der Waals surface area contributed by atoms with Gasteiger partial charge >= 0.3 is 5.97 Å². The molecule has 1 rings (SSSR count). The standard InChI is InChI=1S/C10H13NO3/c1-11(2)7-4-5-9(14-3)8(6-7)10(12)13/h4-6H,1-3H3,(H,12,13). The molecule has 4 heteroatoms. The summed E-state index contributed by atoms with van der Waals surface area (Å²) in [5.74, 6) is -0.603. The van der Waals surface area contributed by atoms with Gasteiger partial charge in [-0.05, 0) is 18.2 Å². The van der Waals surface area contributed by atoms with E-state index >= 15 is 0 Å². The molecule has 76 valence electrons. The fraction of sp³-hybridized carbons (Fsp3) is 0.300. The zero-order chi connectivity index (χ0) is 10.7. The number of nitrogens with zero attached hydrogens (tertiary/aromatic N) is 1. The maximum Gasteiger partial charge on any atom is 0.339 e. The van der Waals surface area contributed by atoms with Crippen molar-refractivity contribution in [1.29, 1.82) is 0 Å². The van der Waals surface area contributed by atoms with Gasteiger partial charge < -0.3 is 14.7 Å². The lowest BCUT2D eigenvalue weighted by atomic mass is 10.1. The molecule has 0 unspecified atom stereocenters. The van der Waals surface area contributed by atoms with Crippen LogP contribution >= 0.6 is 0 Å². The Morgan fingerprint density at radius 2 is 2.07 bits per heavy atom. The van der Waals surface area contributed by atoms with E-state index in [0.29, 0.717) is 5.75 Å². The Morgan fingerprint density at radius 1 is 1.43 bits per heavy atom. The Bertz CT molecular complexity index is 347. The number of rotatable bonds is 3. The van der Waals surface area contributed by atoms with Gasteiger partial charge in [-0.2, -0.15) is 0 Å². The second-order valence-electron chi connectivity index (χ2n) is 3.08. The lowest BCUT2D eigenvalue weighted by Crippen LogP contribution is -2.10. The number of carboxylic acid groups (broad SMARTS) is 1. The van der Waals surface area contributed by atoms with Gasteiger partial charge in [-0.15, -0.1) is 0 Å². The summed E-state index contributed by atoms with van der Waals surface area (Å²) < 4.78 is 4.94. The molecule has 14 heavy (non-hydrogen) atoms. The van der Waals surface area contributed by atoms with Crippen LogP contribution in [0, 0.1) is 0 Å². The van der Waals surface area contributed by atoms with E-state index in [9.17, 15) is 4.79 Å². The van der Waals surface area contributed by atoms with Gasteiger partial charge in [0.2, 0.25) is 0 Å². The fourth-order valence-electron chi connectivity index (χ4n) is 1.14. The van der Waals surface area contributed by atoms with E-state index in [1.54, 1.807) is 12.1 Å². The third kappa shape index (κ3) is 1.96. The predicted octanol–water partition coefficient (Wildman–Crippen LogP) is 1.46. The summed E-state index contributed by atoms with van der Waals surface area (Å²) in [5.41, 5.74) is 1.02. The van der Waals surface area contributed by atoms with Gasteiger partial charge in [0.25, 0.3) is 0 Å². The summed E-state index contributed by atoms with van der Waals surface area (Å²) in [6.45, 7) is 0. The smallest absolute Gasteiger partial charge is 0.339 e. The number of carboxylic acids is 1. The first-order chi connectivity index (χ1) is 6.56. The molecule has 1 N–H and O–H groups in total.